The van der Waals surface area contributed by atoms with Gasteiger partial charge in [0.2, 0.25) is 0 Å². The molecule has 30 heavy (non-hydrogen) atoms. The maximum Gasteiger partial charge on any atom is 0.263 e. The number of fused-ring (bicyclic) bond motifs is 1. The van der Waals surface area contributed by atoms with Gasteiger partial charge < -0.3 is 19.5 Å². The number of hydrogen-bond acceptors (Lipinski definition) is 4. The molecule has 7 heteroatoms. The maximum absolute atomic E-state index is 13.0. The summed E-state index contributed by atoms with van der Waals surface area (Å²) in [6.07, 6.45) is 9.22. The summed E-state index contributed by atoms with van der Waals surface area (Å²) in [6, 6.07) is 5.51. The number of halogens is 1. The van der Waals surface area contributed by atoms with Crippen molar-refractivity contribution >= 4 is 23.2 Å². The lowest BCUT2D eigenvalue weighted by atomic mass is 9.44. The number of amides is 1. The average Bonchev–Trinajstić information content (AvgIpc) is 3.10. The Hall–Kier alpha value is -2.21. The maximum atomic E-state index is 13.0. The second kappa shape index (κ2) is 6.16. The number of aromatic nitrogens is 2. The van der Waals surface area contributed by atoms with Gasteiger partial charge >= 0.3 is 0 Å². The summed E-state index contributed by atoms with van der Waals surface area (Å²) in [5.41, 5.74) is 2.25. The van der Waals surface area contributed by atoms with Crippen LogP contribution in [0.4, 0.5) is 5.69 Å². The predicted molar refractivity (Wildman–Crippen MR) is 115 cm³/mol. The lowest BCUT2D eigenvalue weighted by Gasteiger charge is -2.70. The summed E-state index contributed by atoms with van der Waals surface area (Å²) in [4.78, 5) is 19.7. The summed E-state index contributed by atoms with van der Waals surface area (Å²) < 4.78 is 8.30. The highest BCUT2D eigenvalue weighted by atomic mass is 35.5. The van der Waals surface area contributed by atoms with Crippen LogP contribution in [0.5, 0.6) is 5.75 Å². The summed E-state index contributed by atoms with van der Waals surface area (Å²) in [5, 5.41) is 3.96. The number of ether oxygens (including phenoxy) is 1. The van der Waals surface area contributed by atoms with E-state index in [1.54, 1.807) is 6.07 Å². The number of carbonyl (C=O) groups excluding carboxylic acids is 1. The van der Waals surface area contributed by atoms with E-state index in [1.807, 2.05) is 30.4 Å². The van der Waals surface area contributed by atoms with Crippen molar-refractivity contribution in [1.29, 1.82) is 0 Å². The van der Waals surface area contributed by atoms with Crippen molar-refractivity contribution < 1.29 is 9.53 Å². The molecular weight excluding hydrogens is 400 g/mol. The van der Waals surface area contributed by atoms with Crippen molar-refractivity contribution in [3.63, 3.8) is 0 Å². The molecule has 6 nitrogen and oxygen atoms in total. The van der Waals surface area contributed by atoms with Crippen molar-refractivity contribution in [2.75, 3.05) is 18.5 Å². The number of carbonyl (C=O) groups is 1. The molecule has 2 bridgehead atoms. The highest BCUT2D eigenvalue weighted by Crippen LogP contribution is 2.65. The van der Waals surface area contributed by atoms with E-state index < -0.39 is 6.10 Å². The topological polar surface area (TPSA) is 59.4 Å². The standard InChI is InChI=1S/C23H27ClN4O2/c1-14-5-15(6-14)17-8-28(13-25-17)23-10-22(11-23,12-23)26-21(29)20-9-27(2)18-7-16(24)3-4-19(18)30-20/h3-4,7-8,13-15,20H,5-6,9-12H2,1-2H3,(H,26,29). The molecule has 2 heterocycles. The van der Waals surface area contributed by atoms with Crippen LogP contribution in [0.15, 0.2) is 30.7 Å². The van der Waals surface area contributed by atoms with Crippen LogP contribution in [-0.2, 0) is 10.3 Å². The van der Waals surface area contributed by atoms with Crippen molar-refractivity contribution in [2.24, 2.45) is 5.92 Å². The predicted octanol–water partition coefficient (Wildman–Crippen LogP) is 3.70. The zero-order valence-corrected chi connectivity index (χ0v) is 18.2. The van der Waals surface area contributed by atoms with E-state index in [4.69, 9.17) is 16.3 Å². The molecule has 1 unspecified atom stereocenters. The minimum atomic E-state index is -0.505. The van der Waals surface area contributed by atoms with E-state index in [-0.39, 0.29) is 17.0 Å². The number of benzene rings is 1. The smallest absolute Gasteiger partial charge is 0.263 e. The SMILES string of the molecule is CC1CC(c2cn(C34CC(NC(=O)C5CN(C)c6cc(Cl)ccc6O5)(C3)C4)cn2)C1. The molecule has 0 spiro atoms. The highest BCUT2D eigenvalue weighted by Gasteiger charge is 2.70. The molecule has 5 aliphatic rings. The van der Waals surface area contributed by atoms with Crippen LogP contribution in [0.25, 0.3) is 0 Å². The summed E-state index contributed by atoms with van der Waals surface area (Å²) in [6.45, 7) is 2.83. The first-order valence-electron chi connectivity index (χ1n) is 10.9. The van der Waals surface area contributed by atoms with Crippen LogP contribution in [0.1, 0.15) is 50.6 Å². The minimum Gasteiger partial charge on any atom is -0.477 e. The van der Waals surface area contributed by atoms with E-state index in [9.17, 15) is 4.79 Å². The molecular formula is C23H27ClN4O2. The largest absolute Gasteiger partial charge is 0.477 e. The van der Waals surface area contributed by atoms with Gasteiger partial charge in [-0.3, -0.25) is 4.79 Å². The molecule has 4 fully saturated rings. The summed E-state index contributed by atoms with van der Waals surface area (Å²) in [5.74, 6) is 2.16. The minimum absolute atomic E-state index is 0.0227. The van der Waals surface area contributed by atoms with E-state index in [1.165, 1.54) is 18.5 Å². The van der Waals surface area contributed by atoms with Gasteiger partial charge in [-0.25, -0.2) is 4.98 Å². The van der Waals surface area contributed by atoms with Gasteiger partial charge in [0.25, 0.3) is 5.91 Å². The Labute approximate surface area is 181 Å². The zero-order valence-electron chi connectivity index (χ0n) is 17.4. The molecule has 1 aromatic heterocycles. The van der Waals surface area contributed by atoms with E-state index in [0.717, 1.165) is 30.9 Å². The van der Waals surface area contributed by atoms with Gasteiger partial charge in [-0.15, -0.1) is 0 Å². The second-order valence-corrected chi connectivity index (χ2v) is 10.5. The van der Waals surface area contributed by atoms with Crippen LogP contribution >= 0.6 is 11.6 Å². The molecule has 1 aliphatic heterocycles. The lowest BCUT2D eigenvalue weighted by Crippen LogP contribution is -2.79. The molecule has 158 valence electrons. The molecule has 1 atom stereocenters. The first-order valence-corrected chi connectivity index (χ1v) is 11.3. The van der Waals surface area contributed by atoms with Crippen molar-refractivity contribution in [3.8, 4) is 5.75 Å². The highest BCUT2D eigenvalue weighted by molar-refractivity contribution is 6.31. The molecule has 0 saturated heterocycles. The van der Waals surface area contributed by atoms with Gasteiger partial charge in [0.15, 0.2) is 6.10 Å². The van der Waals surface area contributed by atoms with Gasteiger partial charge in [-0.05, 0) is 56.2 Å². The first-order chi connectivity index (χ1) is 14.3. The molecule has 7 rings (SSSR count). The normalized spacial score (nSPS) is 36.0. The van der Waals surface area contributed by atoms with Gasteiger partial charge in [0.05, 0.1) is 29.8 Å². The van der Waals surface area contributed by atoms with Gasteiger partial charge in [-0.2, -0.15) is 0 Å². The quantitative estimate of drug-likeness (QED) is 0.809. The van der Waals surface area contributed by atoms with Crippen molar-refractivity contribution in [1.82, 2.24) is 14.9 Å². The van der Waals surface area contributed by atoms with Gasteiger partial charge in [0.1, 0.15) is 5.75 Å². The molecule has 4 saturated carbocycles. The Bertz CT molecular complexity index is 1010. The number of nitrogens with zero attached hydrogens (tertiary/aromatic N) is 3. The van der Waals surface area contributed by atoms with Crippen LogP contribution in [0, 0.1) is 5.92 Å². The molecule has 1 amide bonds. The third kappa shape index (κ3) is 2.69. The van der Waals surface area contributed by atoms with Crippen LogP contribution < -0.4 is 15.0 Å². The summed E-state index contributed by atoms with van der Waals surface area (Å²) in [7, 11) is 1.97. The molecule has 4 aliphatic carbocycles. The van der Waals surface area contributed by atoms with Gasteiger partial charge in [0, 0.05) is 29.7 Å². The lowest BCUT2D eigenvalue weighted by molar-refractivity contribution is -0.160. The Morgan fingerprint density at radius 3 is 2.80 bits per heavy atom. The van der Waals surface area contributed by atoms with E-state index >= 15 is 0 Å². The van der Waals surface area contributed by atoms with Crippen LogP contribution in [-0.4, -0.2) is 40.7 Å². The Morgan fingerprint density at radius 2 is 2.07 bits per heavy atom. The third-order valence-electron chi connectivity index (χ3n) is 7.67. The van der Waals surface area contributed by atoms with Gasteiger partial charge in [-0.1, -0.05) is 18.5 Å². The molecule has 1 N–H and O–H groups in total. The Kier molecular flexibility index (Phi) is 3.81. The number of hydrogen-bond donors (Lipinski definition) is 1. The number of likely N-dealkylation sites (N-methyl/N-ethyl adjacent to an activating group) is 1. The molecule has 2 aromatic rings. The molecule has 0 radical (unpaired) electrons. The fraction of sp³-hybridized carbons (Fsp3) is 0.565. The van der Waals surface area contributed by atoms with Crippen LogP contribution in [0.2, 0.25) is 5.02 Å². The number of nitrogens with one attached hydrogen (secondary N) is 1. The fourth-order valence-electron chi connectivity index (χ4n) is 6.00. The fourth-order valence-corrected chi connectivity index (χ4v) is 6.16. The number of rotatable bonds is 4. The Balaban J connectivity index is 1.08. The second-order valence-electron chi connectivity index (χ2n) is 10.1. The average molecular weight is 427 g/mol. The van der Waals surface area contributed by atoms with E-state index in [2.05, 4.69) is 28.0 Å². The zero-order chi connectivity index (χ0) is 20.7. The van der Waals surface area contributed by atoms with Crippen LogP contribution in [0.3, 0.4) is 0 Å². The third-order valence-corrected chi connectivity index (χ3v) is 7.90. The monoisotopic (exact) mass is 426 g/mol. The number of anilines is 1. The van der Waals surface area contributed by atoms with E-state index in [0.29, 0.717) is 23.2 Å². The summed E-state index contributed by atoms with van der Waals surface area (Å²) >= 11 is 6.09. The van der Waals surface area contributed by atoms with Crippen molar-refractivity contribution in [2.45, 2.75) is 62.1 Å². The Morgan fingerprint density at radius 1 is 1.30 bits per heavy atom. The number of imidazole rings is 1. The van der Waals surface area contributed by atoms with Crippen molar-refractivity contribution in [3.05, 3.63) is 41.4 Å². The molecule has 1 aromatic carbocycles. The first kappa shape index (κ1) is 18.6.